The Morgan fingerprint density at radius 3 is 1.48 bits per heavy atom. The average molecular weight is 783 g/mol. The van der Waals surface area contributed by atoms with Gasteiger partial charge in [0.05, 0.1) is 11.4 Å². The van der Waals surface area contributed by atoms with Crippen molar-refractivity contribution in [1.82, 2.24) is 0 Å². The molecule has 1 aliphatic carbocycles. The number of rotatable bonds is 14. The maximum atomic E-state index is 2.49. The zero-order chi connectivity index (χ0) is 41.6. The van der Waals surface area contributed by atoms with Crippen molar-refractivity contribution in [2.75, 3.05) is 9.80 Å². The number of benzene rings is 7. The number of nitrogens with zero attached hydrogens (tertiary/aromatic N) is 2. The molecule has 0 N–H and O–H groups in total. The van der Waals surface area contributed by atoms with Gasteiger partial charge in [-0.1, -0.05) is 178 Å². The zero-order valence-electron chi connectivity index (χ0n) is 36.3. The molecule has 300 valence electrons. The first kappa shape index (κ1) is 40.4. The topological polar surface area (TPSA) is 6.48 Å². The summed E-state index contributed by atoms with van der Waals surface area (Å²) in [7, 11) is 0. The molecular weight excluding hydrogens is 725 g/mol. The summed E-state index contributed by atoms with van der Waals surface area (Å²) >= 11 is 0. The third kappa shape index (κ3) is 8.25. The molecule has 0 aliphatic heterocycles. The summed E-state index contributed by atoms with van der Waals surface area (Å²) in [6, 6.07) is 58.3. The largest absolute Gasteiger partial charge is 0.310 e. The lowest BCUT2D eigenvalue weighted by atomic mass is 9.75. The van der Waals surface area contributed by atoms with Crippen LogP contribution in [0.2, 0.25) is 0 Å². The lowest BCUT2D eigenvalue weighted by Gasteiger charge is -2.31. The van der Waals surface area contributed by atoms with E-state index in [1.165, 1.54) is 70.2 Å². The highest BCUT2D eigenvalue weighted by Crippen LogP contribution is 2.52. The third-order valence-corrected chi connectivity index (χ3v) is 12.3. The van der Waals surface area contributed by atoms with E-state index in [1.807, 2.05) is 0 Å². The molecule has 0 fully saturated rings. The van der Waals surface area contributed by atoms with Crippen molar-refractivity contribution in [3.63, 3.8) is 0 Å². The molecular formula is C58H58N2. The molecule has 0 saturated carbocycles. The minimum absolute atomic E-state index is 0.0273. The number of anilines is 6. The lowest BCUT2D eigenvalue weighted by Crippen LogP contribution is -2.21. The normalized spacial score (nSPS) is 14.4. The van der Waals surface area contributed by atoms with Crippen LogP contribution in [0.25, 0.3) is 29.4 Å². The van der Waals surface area contributed by atoms with Gasteiger partial charge in [0.25, 0.3) is 0 Å². The summed E-state index contributed by atoms with van der Waals surface area (Å²) in [5, 5.41) is 0. The van der Waals surface area contributed by atoms with Crippen LogP contribution in [0, 0.1) is 20.8 Å². The summed E-state index contributed by atoms with van der Waals surface area (Å²) in [4.78, 5) is 4.80. The van der Waals surface area contributed by atoms with E-state index >= 15 is 0 Å². The summed E-state index contributed by atoms with van der Waals surface area (Å²) in [6.45, 7) is 13.4. The van der Waals surface area contributed by atoms with Crippen LogP contribution in [-0.4, -0.2) is 0 Å². The number of fused-ring (bicyclic) bond motifs is 3. The molecule has 7 aromatic carbocycles. The molecule has 8 rings (SSSR count). The first-order valence-corrected chi connectivity index (χ1v) is 21.9. The van der Waals surface area contributed by atoms with Gasteiger partial charge in [0, 0.05) is 39.3 Å². The molecule has 2 nitrogen and oxygen atoms in total. The first-order chi connectivity index (χ1) is 29.3. The quantitative estimate of drug-likeness (QED) is 0.0801. The molecule has 0 bridgehead atoms. The summed E-state index contributed by atoms with van der Waals surface area (Å²) in [6.07, 6.45) is 15.3. The van der Waals surface area contributed by atoms with Crippen LogP contribution in [0.1, 0.15) is 97.4 Å². The van der Waals surface area contributed by atoms with Gasteiger partial charge in [-0.2, -0.15) is 0 Å². The van der Waals surface area contributed by atoms with E-state index in [-0.39, 0.29) is 5.41 Å². The molecule has 1 unspecified atom stereocenters. The minimum atomic E-state index is -0.0273. The summed E-state index contributed by atoms with van der Waals surface area (Å²) in [5.41, 5.74) is 19.6. The van der Waals surface area contributed by atoms with E-state index in [0.717, 1.165) is 51.7 Å². The Kier molecular flexibility index (Phi) is 12.0. The average Bonchev–Trinajstić information content (AvgIpc) is 3.51. The van der Waals surface area contributed by atoms with Crippen molar-refractivity contribution in [1.29, 1.82) is 0 Å². The first-order valence-electron chi connectivity index (χ1n) is 21.9. The zero-order valence-corrected chi connectivity index (χ0v) is 36.3. The van der Waals surface area contributed by atoms with Crippen molar-refractivity contribution < 1.29 is 0 Å². The lowest BCUT2D eigenvalue weighted by molar-refractivity contribution is 0.487. The van der Waals surface area contributed by atoms with Gasteiger partial charge in [-0.3, -0.25) is 0 Å². The van der Waals surface area contributed by atoms with Crippen LogP contribution in [0.3, 0.4) is 0 Å². The van der Waals surface area contributed by atoms with Gasteiger partial charge in [0.15, 0.2) is 0 Å². The number of aryl methyl sites for hydroxylation is 3. The molecule has 2 heteroatoms. The van der Waals surface area contributed by atoms with Gasteiger partial charge in [-0.15, -0.1) is 0 Å². The van der Waals surface area contributed by atoms with Crippen LogP contribution >= 0.6 is 0 Å². The van der Waals surface area contributed by atoms with Crippen LogP contribution in [-0.2, 0) is 5.41 Å². The van der Waals surface area contributed by atoms with E-state index in [4.69, 9.17) is 0 Å². The molecule has 0 aromatic heterocycles. The Balaban J connectivity index is 1.33. The molecule has 0 heterocycles. The highest BCUT2D eigenvalue weighted by molar-refractivity contribution is 5.93. The fraction of sp³-hybridized carbons (Fsp3) is 0.207. The Labute approximate surface area is 359 Å². The van der Waals surface area contributed by atoms with Crippen LogP contribution in [0.15, 0.2) is 164 Å². The standard InChI is InChI=1S/C58H58N2/c1-7-9-10-17-37-58(6)54-38-44(5)27-35-52(54)53-36-29-45(39-55(53)58)28-30-47-41-56(59(48-19-13-11-14-20-48)50-31-23-42(3)24-32-50)46(18-8-2)40-57(47)60(49-21-15-12-16-22-49)51-33-25-43(4)26-34-51/h8,11-16,18-36,38-41H,7,9-10,17,37H2,1-6H3/b18-8+,30-28+. The Morgan fingerprint density at radius 2 is 0.950 bits per heavy atom. The van der Waals surface area contributed by atoms with Crippen molar-refractivity contribution in [3.05, 3.63) is 208 Å². The van der Waals surface area contributed by atoms with E-state index in [1.54, 1.807) is 0 Å². The van der Waals surface area contributed by atoms with E-state index in [0.29, 0.717) is 0 Å². The van der Waals surface area contributed by atoms with Crippen LogP contribution < -0.4 is 9.80 Å². The number of hydrogen-bond acceptors (Lipinski definition) is 2. The Bertz CT molecular complexity index is 2620. The van der Waals surface area contributed by atoms with Gasteiger partial charge in [-0.25, -0.2) is 0 Å². The predicted octanol–water partition coefficient (Wildman–Crippen LogP) is 17.0. The van der Waals surface area contributed by atoms with Gasteiger partial charge < -0.3 is 9.80 Å². The summed E-state index contributed by atoms with van der Waals surface area (Å²) < 4.78 is 0. The van der Waals surface area contributed by atoms with Crippen molar-refractivity contribution in [2.24, 2.45) is 0 Å². The number of para-hydroxylation sites is 2. The number of unbranched alkanes of at least 4 members (excludes halogenated alkanes) is 3. The monoisotopic (exact) mass is 782 g/mol. The third-order valence-electron chi connectivity index (χ3n) is 12.3. The summed E-state index contributed by atoms with van der Waals surface area (Å²) in [5.74, 6) is 0. The van der Waals surface area contributed by atoms with E-state index < -0.39 is 0 Å². The predicted molar refractivity (Wildman–Crippen MR) is 261 cm³/mol. The molecule has 60 heavy (non-hydrogen) atoms. The second kappa shape index (κ2) is 17.9. The molecule has 1 atom stereocenters. The van der Waals surface area contributed by atoms with Crippen LogP contribution in [0.4, 0.5) is 34.1 Å². The Hall–Kier alpha value is -6.38. The highest BCUT2D eigenvalue weighted by atomic mass is 15.2. The van der Waals surface area contributed by atoms with Crippen molar-refractivity contribution in [2.45, 2.75) is 79.1 Å². The molecule has 0 radical (unpaired) electrons. The minimum Gasteiger partial charge on any atom is -0.310 e. The molecule has 7 aromatic rings. The molecule has 0 spiro atoms. The highest BCUT2D eigenvalue weighted by Gasteiger charge is 2.39. The van der Waals surface area contributed by atoms with E-state index in [9.17, 15) is 0 Å². The fourth-order valence-electron chi connectivity index (χ4n) is 9.05. The SMILES string of the molecule is C/C=C/c1cc(N(c2ccccc2)c2ccc(C)cc2)c(/C=C/c2ccc3c(c2)C(C)(CCCCCC)c2cc(C)ccc2-3)cc1N(c1ccccc1)c1ccc(C)cc1. The molecule has 0 saturated heterocycles. The van der Waals surface area contributed by atoms with Gasteiger partial charge in [-0.05, 0) is 123 Å². The van der Waals surface area contributed by atoms with Gasteiger partial charge in [0.1, 0.15) is 0 Å². The van der Waals surface area contributed by atoms with Crippen molar-refractivity contribution in [3.8, 4) is 11.1 Å². The smallest absolute Gasteiger partial charge is 0.0541 e. The van der Waals surface area contributed by atoms with Crippen LogP contribution in [0.5, 0.6) is 0 Å². The molecule has 1 aliphatic rings. The van der Waals surface area contributed by atoms with Gasteiger partial charge in [0.2, 0.25) is 0 Å². The van der Waals surface area contributed by atoms with Crippen molar-refractivity contribution >= 4 is 52.4 Å². The maximum Gasteiger partial charge on any atom is 0.0541 e. The van der Waals surface area contributed by atoms with Gasteiger partial charge >= 0.3 is 0 Å². The number of hydrogen-bond donors (Lipinski definition) is 0. The Morgan fingerprint density at radius 1 is 0.467 bits per heavy atom. The fourth-order valence-corrected chi connectivity index (χ4v) is 9.05. The maximum absolute atomic E-state index is 2.49. The number of allylic oxidation sites excluding steroid dienone is 1. The second-order valence-corrected chi connectivity index (χ2v) is 16.8. The van der Waals surface area contributed by atoms with E-state index in [2.05, 4.69) is 233 Å². The second-order valence-electron chi connectivity index (χ2n) is 16.8. The molecule has 0 amide bonds.